The number of piperidine rings is 1. The van der Waals surface area contributed by atoms with E-state index in [4.69, 9.17) is 4.74 Å². The molecule has 0 radical (unpaired) electrons. The summed E-state index contributed by atoms with van der Waals surface area (Å²) in [6.45, 7) is 1.51. The van der Waals surface area contributed by atoms with Gasteiger partial charge in [0.2, 0.25) is 0 Å². The van der Waals surface area contributed by atoms with Crippen molar-refractivity contribution in [2.75, 3.05) is 26.2 Å². The van der Waals surface area contributed by atoms with Gasteiger partial charge in [0.1, 0.15) is 18.5 Å². The Balaban J connectivity index is 1.30. The van der Waals surface area contributed by atoms with E-state index in [-0.39, 0.29) is 12.4 Å². The van der Waals surface area contributed by atoms with E-state index in [1.165, 1.54) is 12.1 Å². The average molecular weight is 446 g/mol. The molecule has 2 heterocycles. The molecule has 2 aromatic carbocycles. The maximum Gasteiger partial charge on any atom is 0.416 e. The Labute approximate surface area is 184 Å². The van der Waals surface area contributed by atoms with Crippen molar-refractivity contribution in [3.05, 3.63) is 72.1 Å². The molecule has 170 valence electrons. The second kappa shape index (κ2) is 9.05. The topological polar surface area (TPSA) is 65.8 Å². The Kier molecular flexibility index (Phi) is 6.37. The van der Waals surface area contributed by atoms with Crippen LogP contribution >= 0.6 is 0 Å². The first kappa shape index (κ1) is 22.5. The first-order valence-electron chi connectivity index (χ1n) is 10.5. The summed E-state index contributed by atoms with van der Waals surface area (Å²) in [5.74, 6) is 0.272. The van der Waals surface area contributed by atoms with Gasteiger partial charge in [0.15, 0.2) is 0 Å². The normalized spacial score (nSPS) is 17.9. The van der Waals surface area contributed by atoms with E-state index in [1.807, 2.05) is 29.2 Å². The van der Waals surface area contributed by atoms with Gasteiger partial charge in [0.05, 0.1) is 11.2 Å². The number of hydrogen-bond acceptors (Lipinski definition) is 5. The molecule has 3 aromatic rings. The highest BCUT2D eigenvalue weighted by atomic mass is 19.4. The molecule has 1 unspecified atom stereocenters. The van der Waals surface area contributed by atoms with Crippen LogP contribution in [0.3, 0.4) is 0 Å². The number of alkyl halides is 3. The monoisotopic (exact) mass is 446 g/mol. The van der Waals surface area contributed by atoms with Gasteiger partial charge in [-0.2, -0.15) is 13.2 Å². The van der Waals surface area contributed by atoms with Crippen LogP contribution in [0.15, 0.2) is 60.9 Å². The number of nitrogens with zero attached hydrogens (tertiary/aromatic N) is 2. The number of aliphatic hydroxyl groups is 2. The molecule has 0 saturated carbocycles. The van der Waals surface area contributed by atoms with Gasteiger partial charge in [-0.1, -0.05) is 24.3 Å². The minimum Gasteiger partial charge on any atom is -0.491 e. The third-order valence-electron chi connectivity index (χ3n) is 5.95. The zero-order valence-corrected chi connectivity index (χ0v) is 17.4. The maximum absolute atomic E-state index is 12.6. The van der Waals surface area contributed by atoms with Crippen molar-refractivity contribution < 1.29 is 28.1 Å². The lowest BCUT2D eigenvalue weighted by Crippen LogP contribution is -2.46. The number of rotatable bonds is 6. The number of ether oxygens (including phenoxy) is 1. The maximum atomic E-state index is 12.6. The zero-order chi connectivity index (χ0) is 22.8. The number of likely N-dealkylation sites (tertiary alicyclic amines) is 1. The molecule has 0 spiro atoms. The van der Waals surface area contributed by atoms with Gasteiger partial charge in [0, 0.05) is 43.0 Å². The molecule has 1 aromatic heterocycles. The second-order valence-corrected chi connectivity index (χ2v) is 8.23. The molecule has 0 aliphatic carbocycles. The smallest absolute Gasteiger partial charge is 0.416 e. The first-order valence-corrected chi connectivity index (χ1v) is 10.5. The summed E-state index contributed by atoms with van der Waals surface area (Å²) in [6, 6.07) is 12.2. The molecule has 0 amide bonds. The molecule has 8 heteroatoms. The molecule has 4 rings (SSSR count). The zero-order valence-electron chi connectivity index (χ0n) is 17.4. The standard InChI is InChI=1S/C24H25F3N2O3/c25-24(26,27)18-5-7-20(8-6-18)32-16-19(30)15-29-11-9-23(31,10-12-29)22-14-28-13-17-3-1-2-4-21(17)22/h1-8,13-14,19,30-31H,9-12,15-16H2. The average Bonchev–Trinajstić information content (AvgIpc) is 2.79. The van der Waals surface area contributed by atoms with Gasteiger partial charge < -0.3 is 19.8 Å². The highest BCUT2D eigenvalue weighted by molar-refractivity contribution is 5.85. The molecule has 1 aliphatic rings. The fourth-order valence-corrected chi connectivity index (χ4v) is 4.15. The van der Waals surface area contributed by atoms with Crippen molar-refractivity contribution in [1.29, 1.82) is 0 Å². The van der Waals surface area contributed by atoms with Crippen LogP contribution in [-0.2, 0) is 11.8 Å². The Bertz CT molecular complexity index is 1040. The number of pyridine rings is 1. The predicted octanol–water partition coefficient (Wildman–Crippen LogP) is 3.98. The van der Waals surface area contributed by atoms with Crippen LogP contribution in [0.1, 0.15) is 24.0 Å². The number of aliphatic hydroxyl groups excluding tert-OH is 1. The van der Waals surface area contributed by atoms with Crippen LogP contribution in [0.4, 0.5) is 13.2 Å². The van der Waals surface area contributed by atoms with Crippen LogP contribution in [0, 0.1) is 0 Å². The van der Waals surface area contributed by atoms with E-state index in [0.717, 1.165) is 28.5 Å². The van der Waals surface area contributed by atoms with E-state index in [2.05, 4.69) is 4.98 Å². The van der Waals surface area contributed by atoms with Crippen molar-refractivity contribution in [2.24, 2.45) is 0 Å². The van der Waals surface area contributed by atoms with E-state index < -0.39 is 23.4 Å². The summed E-state index contributed by atoms with van der Waals surface area (Å²) < 4.78 is 43.3. The Morgan fingerprint density at radius 3 is 2.41 bits per heavy atom. The summed E-state index contributed by atoms with van der Waals surface area (Å²) >= 11 is 0. The number of benzene rings is 2. The SMILES string of the molecule is OC(COc1ccc(C(F)(F)F)cc1)CN1CCC(O)(c2cncc3ccccc23)CC1. The van der Waals surface area contributed by atoms with E-state index in [1.54, 1.807) is 12.4 Å². The van der Waals surface area contributed by atoms with E-state index in [0.29, 0.717) is 32.5 Å². The molecule has 1 atom stereocenters. The summed E-state index contributed by atoms with van der Waals surface area (Å²) in [5, 5.41) is 23.6. The minimum atomic E-state index is -4.39. The summed E-state index contributed by atoms with van der Waals surface area (Å²) in [4.78, 5) is 6.33. The van der Waals surface area contributed by atoms with E-state index >= 15 is 0 Å². The van der Waals surface area contributed by atoms with Gasteiger partial charge in [-0.05, 0) is 42.5 Å². The first-order chi connectivity index (χ1) is 15.2. The van der Waals surface area contributed by atoms with Crippen LogP contribution in [0.2, 0.25) is 0 Å². The van der Waals surface area contributed by atoms with Gasteiger partial charge in [-0.25, -0.2) is 0 Å². The molecule has 5 nitrogen and oxygen atoms in total. The Hall–Kier alpha value is -2.68. The van der Waals surface area contributed by atoms with E-state index in [9.17, 15) is 23.4 Å². The fourth-order valence-electron chi connectivity index (χ4n) is 4.15. The van der Waals surface area contributed by atoms with Gasteiger partial charge in [-0.3, -0.25) is 4.98 Å². The number of β-amino-alcohol motifs (C(OH)–C–C–N with tert-alkyl or cyclic N) is 1. The largest absolute Gasteiger partial charge is 0.491 e. The molecular weight excluding hydrogens is 421 g/mol. The van der Waals surface area contributed by atoms with Crippen molar-refractivity contribution in [1.82, 2.24) is 9.88 Å². The molecule has 1 aliphatic heterocycles. The number of aromatic nitrogens is 1. The molecule has 1 saturated heterocycles. The molecule has 32 heavy (non-hydrogen) atoms. The quantitative estimate of drug-likeness (QED) is 0.600. The summed E-state index contributed by atoms with van der Waals surface area (Å²) in [5.41, 5.74) is -0.902. The summed E-state index contributed by atoms with van der Waals surface area (Å²) in [7, 11) is 0. The number of halogens is 3. The van der Waals surface area contributed by atoms with Crippen molar-refractivity contribution in [3.8, 4) is 5.75 Å². The van der Waals surface area contributed by atoms with Crippen molar-refractivity contribution in [2.45, 2.75) is 30.7 Å². The van der Waals surface area contributed by atoms with Crippen LogP contribution in [0.25, 0.3) is 10.8 Å². The molecule has 2 N–H and O–H groups in total. The lowest BCUT2D eigenvalue weighted by molar-refractivity contribution is -0.137. The minimum absolute atomic E-state index is 0.0284. The third-order valence-corrected chi connectivity index (χ3v) is 5.95. The van der Waals surface area contributed by atoms with Gasteiger partial charge in [-0.15, -0.1) is 0 Å². The highest BCUT2D eigenvalue weighted by Crippen LogP contribution is 2.36. The molecule has 0 bridgehead atoms. The van der Waals surface area contributed by atoms with Gasteiger partial charge >= 0.3 is 6.18 Å². The predicted molar refractivity (Wildman–Crippen MR) is 114 cm³/mol. The van der Waals surface area contributed by atoms with Gasteiger partial charge in [0.25, 0.3) is 0 Å². The second-order valence-electron chi connectivity index (χ2n) is 8.23. The molecular formula is C24H25F3N2O3. The van der Waals surface area contributed by atoms with Crippen molar-refractivity contribution >= 4 is 10.8 Å². The number of fused-ring (bicyclic) bond motifs is 1. The van der Waals surface area contributed by atoms with Crippen LogP contribution < -0.4 is 4.74 Å². The number of hydrogen-bond donors (Lipinski definition) is 2. The Morgan fingerprint density at radius 2 is 1.72 bits per heavy atom. The van der Waals surface area contributed by atoms with Crippen LogP contribution in [0.5, 0.6) is 5.75 Å². The van der Waals surface area contributed by atoms with Crippen LogP contribution in [-0.4, -0.2) is 52.4 Å². The summed E-state index contributed by atoms with van der Waals surface area (Å²) in [6.07, 6.45) is -0.668. The van der Waals surface area contributed by atoms with Crippen molar-refractivity contribution in [3.63, 3.8) is 0 Å². The lowest BCUT2D eigenvalue weighted by atomic mass is 9.83. The highest BCUT2D eigenvalue weighted by Gasteiger charge is 2.36. The molecule has 1 fully saturated rings. The fraction of sp³-hybridized carbons (Fsp3) is 0.375. The lowest BCUT2D eigenvalue weighted by Gasteiger charge is -2.39. The Morgan fingerprint density at radius 1 is 1.03 bits per heavy atom. The third kappa shape index (κ3) is 5.03.